The SMILES string of the molecule is C.COc1ccc(CCN=C(NN)c2ccc3c(c2)C=CC(C)(C)O3)cc1. The average molecular weight is 367 g/mol. The molecule has 1 aliphatic rings. The van der Waals surface area contributed by atoms with Crippen molar-refractivity contribution in [3.8, 4) is 11.5 Å². The lowest BCUT2D eigenvalue weighted by atomic mass is 10.0. The number of hydrogen-bond acceptors (Lipinski definition) is 4. The van der Waals surface area contributed by atoms with Crippen LogP contribution in [0.5, 0.6) is 11.5 Å². The van der Waals surface area contributed by atoms with Crippen molar-refractivity contribution >= 4 is 11.9 Å². The molecule has 3 rings (SSSR count). The predicted octanol–water partition coefficient (Wildman–Crippen LogP) is 3.97. The molecule has 0 saturated carbocycles. The summed E-state index contributed by atoms with van der Waals surface area (Å²) in [6, 6.07) is 14.0. The van der Waals surface area contributed by atoms with Gasteiger partial charge in [0.15, 0.2) is 0 Å². The monoisotopic (exact) mass is 367 g/mol. The number of benzene rings is 2. The Balaban J connectivity index is 0.00000261. The van der Waals surface area contributed by atoms with E-state index < -0.39 is 0 Å². The van der Waals surface area contributed by atoms with E-state index in [9.17, 15) is 0 Å². The smallest absolute Gasteiger partial charge is 0.142 e. The fourth-order valence-corrected chi connectivity index (χ4v) is 2.84. The van der Waals surface area contributed by atoms with Crippen LogP contribution in [0.4, 0.5) is 0 Å². The van der Waals surface area contributed by atoms with E-state index >= 15 is 0 Å². The predicted molar refractivity (Wildman–Crippen MR) is 112 cm³/mol. The third-order valence-electron chi connectivity index (χ3n) is 4.29. The summed E-state index contributed by atoms with van der Waals surface area (Å²) in [6.07, 6.45) is 4.96. The summed E-state index contributed by atoms with van der Waals surface area (Å²) in [5.74, 6) is 8.09. The van der Waals surface area contributed by atoms with Crippen LogP contribution in [-0.4, -0.2) is 25.1 Å². The van der Waals surface area contributed by atoms with E-state index in [0.29, 0.717) is 12.4 Å². The highest BCUT2D eigenvalue weighted by Gasteiger charge is 2.21. The summed E-state index contributed by atoms with van der Waals surface area (Å²) in [5.41, 5.74) is 5.60. The van der Waals surface area contributed by atoms with Gasteiger partial charge in [-0.3, -0.25) is 4.99 Å². The number of nitrogens with two attached hydrogens (primary N) is 1. The number of aliphatic imine (C=N–C) groups is 1. The van der Waals surface area contributed by atoms with E-state index in [-0.39, 0.29) is 13.0 Å². The van der Waals surface area contributed by atoms with Crippen molar-refractivity contribution in [2.45, 2.75) is 33.3 Å². The molecule has 2 aromatic rings. The molecule has 0 fully saturated rings. The first-order valence-corrected chi connectivity index (χ1v) is 8.67. The Morgan fingerprint density at radius 3 is 2.59 bits per heavy atom. The van der Waals surface area contributed by atoms with Gasteiger partial charge < -0.3 is 14.9 Å². The van der Waals surface area contributed by atoms with Crippen LogP contribution >= 0.6 is 0 Å². The zero-order chi connectivity index (χ0) is 18.6. The van der Waals surface area contributed by atoms with Crippen molar-refractivity contribution in [2.24, 2.45) is 10.8 Å². The maximum absolute atomic E-state index is 5.96. The Morgan fingerprint density at radius 2 is 1.93 bits per heavy atom. The number of hydrazine groups is 1. The molecule has 0 atom stereocenters. The summed E-state index contributed by atoms with van der Waals surface area (Å²) in [7, 11) is 1.66. The third kappa shape index (κ3) is 5.11. The maximum atomic E-state index is 5.96. The first-order chi connectivity index (χ1) is 12.5. The lowest BCUT2D eigenvalue weighted by Crippen LogP contribution is -2.32. The summed E-state index contributed by atoms with van der Waals surface area (Å²) < 4.78 is 11.1. The van der Waals surface area contributed by atoms with E-state index in [0.717, 1.165) is 29.0 Å². The van der Waals surface area contributed by atoms with Crippen LogP contribution < -0.4 is 20.7 Å². The molecule has 1 heterocycles. The molecule has 2 aromatic carbocycles. The number of fused-ring (bicyclic) bond motifs is 1. The van der Waals surface area contributed by atoms with Crippen LogP contribution in [0.25, 0.3) is 6.08 Å². The van der Waals surface area contributed by atoms with Crippen LogP contribution in [0.3, 0.4) is 0 Å². The van der Waals surface area contributed by atoms with Gasteiger partial charge in [-0.15, -0.1) is 0 Å². The molecule has 0 aliphatic carbocycles. The molecule has 5 heteroatoms. The Morgan fingerprint density at radius 1 is 1.19 bits per heavy atom. The van der Waals surface area contributed by atoms with Gasteiger partial charge in [0.2, 0.25) is 0 Å². The molecule has 0 unspecified atom stereocenters. The highest BCUT2D eigenvalue weighted by molar-refractivity contribution is 5.99. The highest BCUT2D eigenvalue weighted by Crippen LogP contribution is 2.31. The zero-order valence-corrected chi connectivity index (χ0v) is 15.5. The number of hydrogen-bond donors (Lipinski definition) is 2. The van der Waals surface area contributed by atoms with Gasteiger partial charge in [0.05, 0.1) is 7.11 Å². The minimum Gasteiger partial charge on any atom is -0.497 e. The molecule has 0 saturated heterocycles. The van der Waals surface area contributed by atoms with Crippen molar-refractivity contribution in [2.75, 3.05) is 13.7 Å². The number of nitrogens with one attached hydrogen (secondary N) is 1. The largest absolute Gasteiger partial charge is 0.497 e. The lowest BCUT2D eigenvalue weighted by molar-refractivity contribution is 0.159. The molecular formula is C22H29N3O2. The summed E-state index contributed by atoms with van der Waals surface area (Å²) in [4.78, 5) is 4.61. The molecule has 1 aliphatic heterocycles. The fraction of sp³-hybridized carbons (Fsp3) is 0.318. The molecular weight excluding hydrogens is 338 g/mol. The maximum Gasteiger partial charge on any atom is 0.142 e. The van der Waals surface area contributed by atoms with Crippen molar-refractivity contribution < 1.29 is 9.47 Å². The molecule has 0 bridgehead atoms. The molecule has 27 heavy (non-hydrogen) atoms. The quantitative estimate of drug-likeness (QED) is 0.363. The molecule has 0 aromatic heterocycles. The van der Waals surface area contributed by atoms with Gasteiger partial charge in [0.1, 0.15) is 22.9 Å². The minimum atomic E-state index is -0.282. The van der Waals surface area contributed by atoms with Crippen molar-refractivity contribution in [1.29, 1.82) is 0 Å². The summed E-state index contributed by atoms with van der Waals surface area (Å²) in [6.45, 7) is 4.71. The normalized spacial score (nSPS) is 14.6. The van der Waals surface area contributed by atoms with Gasteiger partial charge in [-0.05, 0) is 62.2 Å². The summed E-state index contributed by atoms with van der Waals surface area (Å²) in [5, 5.41) is 0. The Kier molecular flexibility index (Phi) is 6.64. The second kappa shape index (κ2) is 8.73. The highest BCUT2D eigenvalue weighted by atomic mass is 16.5. The van der Waals surface area contributed by atoms with E-state index in [2.05, 4.69) is 22.6 Å². The minimum absolute atomic E-state index is 0. The topological polar surface area (TPSA) is 68.9 Å². The Labute approximate surface area is 161 Å². The zero-order valence-electron chi connectivity index (χ0n) is 15.5. The average Bonchev–Trinajstić information content (AvgIpc) is 2.65. The molecule has 0 spiro atoms. The van der Waals surface area contributed by atoms with Gasteiger partial charge in [0.25, 0.3) is 0 Å². The van der Waals surface area contributed by atoms with Crippen LogP contribution in [-0.2, 0) is 6.42 Å². The number of methoxy groups -OCH3 is 1. The number of rotatable bonds is 5. The summed E-state index contributed by atoms with van der Waals surface area (Å²) >= 11 is 0. The molecule has 3 N–H and O–H groups in total. The second-order valence-corrected chi connectivity index (χ2v) is 6.76. The molecule has 5 nitrogen and oxygen atoms in total. The van der Waals surface area contributed by atoms with Crippen molar-refractivity contribution in [3.05, 3.63) is 65.2 Å². The fourth-order valence-electron chi connectivity index (χ4n) is 2.84. The third-order valence-corrected chi connectivity index (χ3v) is 4.29. The Hall–Kier alpha value is -2.79. The van der Waals surface area contributed by atoms with Crippen molar-refractivity contribution in [1.82, 2.24) is 5.43 Å². The van der Waals surface area contributed by atoms with E-state index in [1.54, 1.807) is 7.11 Å². The first kappa shape index (κ1) is 20.5. The number of nitrogens with zero attached hydrogens (tertiary/aromatic N) is 1. The van der Waals surface area contributed by atoms with Crippen LogP contribution in [0.2, 0.25) is 0 Å². The van der Waals surface area contributed by atoms with Gasteiger partial charge in [0, 0.05) is 17.7 Å². The standard InChI is InChI=1S/C21H25N3O2.CH4/c1-21(2)12-10-16-14-17(6-9-19(16)26-21)20(24-22)23-13-11-15-4-7-18(25-3)8-5-15;/h4-10,12,14H,11,13,22H2,1-3H3,(H,23,24);1H4. The van der Waals surface area contributed by atoms with Gasteiger partial charge in [-0.1, -0.05) is 25.6 Å². The molecule has 0 radical (unpaired) electrons. The van der Waals surface area contributed by atoms with Crippen LogP contribution in [0, 0.1) is 0 Å². The lowest BCUT2D eigenvalue weighted by Gasteiger charge is -2.28. The van der Waals surface area contributed by atoms with Gasteiger partial charge in [-0.2, -0.15) is 0 Å². The molecule has 0 amide bonds. The van der Waals surface area contributed by atoms with Crippen LogP contribution in [0.1, 0.15) is 38.0 Å². The van der Waals surface area contributed by atoms with Crippen molar-refractivity contribution in [3.63, 3.8) is 0 Å². The number of amidine groups is 1. The van der Waals surface area contributed by atoms with Gasteiger partial charge in [-0.25, -0.2) is 5.84 Å². The van der Waals surface area contributed by atoms with Gasteiger partial charge >= 0.3 is 0 Å². The Bertz CT molecular complexity index is 824. The van der Waals surface area contributed by atoms with E-state index in [1.165, 1.54) is 5.56 Å². The van der Waals surface area contributed by atoms with E-state index in [4.69, 9.17) is 15.3 Å². The van der Waals surface area contributed by atoms with Crippen LogP contribution in [0.15, 0.2) is 53.5 Å². The molecule has 144 valence electrons. The number of ether oxygens (including phenoxy) is 2. The van der Waals surface area contributed by atoms with E-state index in [1.807, 2.05) is 56.3 Å². The first-order valence-electron chi connectivity index (χ1n) is 8.67. The second-order valence-electron chi connectivity index (χ2n) is 6.76.